The Morgan fingerprint density at radius 2 is 1.89 bits per heavy atom. The quantitative estimate of drug-likeness (QED) is 0.813. The summed E-state index contributed by atoms with van der Waals surface area (Å²) in [7, 11) is 0. The average Bonchev–Trinajstić information content (AvgIpc) is 3.31. The summed E-state index contributed by atoms with van der Waals surface area (Å²) in [6.07, 6.45) is 4.28. The van der Waals surface area contributed by atoms with Crippen LogP contribution < -0.4 is 10.6 Å². The first kappa shape index (κ1) is 19.3. The summed E-state index contributed by atoms with van der Waals surface area (Å²) in [5.74, 6) is -0.534. The number of amides is 3. The third-order valence-electron chi connectivity index (χ3n) is 6.00. The third kappa shape index (κ3) is 3.19. The van der Waals surface area contributed by atoms with Crippen molar-refractivity contribution >= 4 is 29.5 Å². The number of thioether (sulfide) groups is 1. The Hall–Kier alpha value is -2.02. The van der Waals surface area contributed by atoms with Crippen LogP contribution in [0.3, 0.4) is 0 Å². The first-order valence-corrected chi connectivity index (χ1v) is 10.9. The Kier molecular flexibility index (Phi) is 4.89. The predicted molar refractivity (Wildman–Crippen MR) is 109 cm³/mol. The van der Waals surface area contributed by atoms with Crippen molar-refractivity contribution in [1.82, 2.24) is 15.5 Å². The maximum Gasteiger partial charge on any atom is 0.256 e. The molecule has 6 nitrogen and oxygen atoms in total. The summed E-state index contributed by atoms with van der Waals surface area (Å²) in [5.41, 5.74) is 1.63. The maximum atomic E-state index is 13.2. The van der Waals surface area contributed by atoms with Gasteiger partial charge >= 0.3 is 0 Å². The Bertz CT molecular complexity index is 819. The lowest BCUT2D eigenvalue weighted by atomic mass is 10.0. The standard InChI is InChI=1S/C21H27N3O3S/c1-12(17(25)23-13-8-4-5-9-13)22-18(26)16-21(2,3)28-20-15-11-7-6-10-14(15)19(27)24(16)20/h6-7,10-13,16,20H,4-5,8-9H2,1-3H3,(H,22,26)(H,23,25). The van der Waals surface area contributed by atoms with Crippen molar-refractivity contribution in [3.05, 3.63) is 35.4 Å². The molecular weight excluding hydrogens is 374 g/mol. The number of hydrogen-bond donors (Lipinski definition) is 2. The normalized spacial score (nSPS) is 26.7. The zero-order valence-corrected chi connectivity index (χ0v) is 17.3. The van der Waals surface area contributed by atoms with E-state index in [1.165, 1.54) is 0 Å². The SMILES string of the molecule is CC(NC(=O)C1N2C(=O)c3ccccc3C2SC1(C)C)C(=O)NC1CCCC1. The molecule has 2 N–H and O–H groups in total. The van der Waals surface area contributed by atoms with E-state index in [0.29, 0.717) is 5.56 Å². The van der Waals surface area contributed by atoms with Gasteiger partial charge in [0, 0.05) is 16.4 Å². The highest BCUT2D eigenvalue weighted by Gasteiger charge is 2.57. The first-order valence-electron chi connectivity index (χ1n) is 10.00. The van der Waals surface area contributed by atoms with Gasteiger partial charge in [0.15, 0.2) is 0 Å². The number of nitrogens with one attached hydrogen (secondary N) is 2. The Labute approximate surface area is 169 Å². The van der Waals surface area contributed by atoms with Gasteiger partial charge in [0.25, 0.3) is 5.91 Å². The second kappa shape index (κ2) is 7.10. The van der Waals surface area contributed by atoms with Crippen molar-refractivity contribution in [3.8, 4) is 0 Å². The highest BCUT2D eigenvalue weighted by atomic mass is 32.2. The van der Waals surface area contributed by atoms with Crippen LogP contribution in [0.5, 0.6) is 0 Å². The van der Waals surface area contributed by atoms with E-state index >= 15 is 0 Å². The second-order valence-electron chi connectivity index (χ2n) is 8.50. The van der Waals surface area contributed by atoms with E-state index in [1.54, 1.807) is 23.6 Å². The number of fused-ring (bicyclic) bond motifs is 3. The Morgan fingerprint density at radius 1 is 1.21 bits per heavy atom. The molecule has 3 aliphatic rings. The second-order valence-corrected chi connectivity index (χ2v) is 10.2. The van der Waals surface area contributed by atoms with Gasteiger partial charge in [-0.25, -0.2) is 0 Å². The molecule has 3 amide bonds. The van der Waals surface area contributed by atoms with Gasteiger partial charge < -0.3 is 15.5 Å². The Balaban J connectivity index is 1.49. The molecule has 2 fully saturated rings. The van der Waals surface area contributed by atoms with Gasteiger partial charge in [-0.05, 0) is 45.2 Å². The lowest BCUT2D eigenvalue weighted by molar-refractivity contribution is -0.131. The summed E-state index contributed by atoms with van der Waals surface area (Å²) in [4.78, 5) is 40.3. The fourth-order valence-electron chi connectivity index (χ4n) is 4.56. The van der Waals surface area contributed by atoms with Crippen molar-refractivity contribution in [2.24, 2.45) is 0 Å². The van der Waals surface area contributed by atoms with Crippen LogP contribution in [0.4, 0.5) is 0 Å². The maximum absolute atomic E-state index is 13.2. The van der Waals surface area contributed by atoms with Crippen LogP contribution in [0.15, 0.2) is 24.3 Å². The molecule has 1 saturated heterocycles. The van der Waals surface area contributed by atoms with Crippen molar-refractivity contribution in [2.45, 2.75) is 74.7 Å². The molecule has 3 atom stereocenters. The molecule has 7 heteroatoms. The van der Waals surface area contributed by atoms with Crippen LogP contribution >= 0.6 is 11.8 Å². The summed E-state index contributed by atoms with van der Waals surface area (Å²) < 4.78 is -0.445. The van der Waals surface area contributed by atoms with Crippen LogP contribution in [0, 0.1) is 0 Å². The zero-order chi connectivity index (χ0) is 20.1. The van der Waals surface area contributed by atoms with E-state index in [4.69, 9.17) is 0 Å². The first-order chi connectivity index (χ1) is 13.3. The van der Waals surface area contributed by atoms with Crippen LogP contribution in [0.2, 0.25) is 0 Å². The van der Waals surface area contributed by atoms with Gasteiger partial charge in [-0.1, -0.05) is 31.0 Å². The fourth-order valence-corrected chi connectivity index (χ4v) is 6.15. The molecular formula is C21H27N3O3S. The van der Waals surface area contributed by atoms with Crippen molar-refractivity contribution < 1.29 is 14.4 Å². The van der Waals surface area contributed by atoms with E-state index < -0.39 is 16.8 Å². The van der Waals surface area contributed by atoms with E-state index in [9.17, 15) is 14.4 Å². The molecule has 2 heterocycles. The smallest absolute Gasteiger partial charge is 0.256 e. The number of hydrogen-bond acceptors (Lipinski definition) is 4. The molecule has 150 valence electrons. The van der Waals surface area contributed by atoms with Crippen molar-refractivity contribution in [3.63, 3.8) is 0 Å². The Morgan fingerprint density at radius 3 is 2.61 bits per heavy atom. The lowest BCUT2D eigenvalue weighted by Crippen LogP contribution is -2.56. The third-order valence-corrected chi connectivity index (χ3v) is 7.53. The van der Waals surface area contributed by atoms with E-state index in [1.807, 2.05) is 38.1 Å². The van der Waals surface area contributed by atoms with E-state index in [2.05, 4.69) is 10.6 Å². The molecule has 0 aromatic heterocycles. The molecule has 2 aliphatic heterocycles. The molecule has 1 aliphatic carbocycles. The van der Waals surface area contributed by atoms with Gasteiger partial charge in [0.05, 0.1) is 0 Å². The minimum atomic E-state index is -0.631. The van der Waals surface area contributed by atoms with Gasteiger partial charge in [-0.2, -0.15) is 0 Å². The minimum absolute atomic E-state index is 0.109. The molecule has 1 aromatic carbocycles. The van der Waals surface area contributed by atoms with Crippen LogP contribution in [0.25, 0.3) is 0 Å². The fraction of sp³-hybridized carbons (Fsp3) is 0.571. The number of benzene rings is 1. The number of rotatable bonds is 4. The van der Waals surface area contributed by atoms with Gasteiger partial charge in [0.2, 0.25) is 11.8 Å². The van der Waals surface area contributed by atoms with E-state index in [0.717, 1.165) is 31.2 Å². The summed E-state index contributed by atoms with van der Waals surface area (Å²) >= 11 is 1.63. The largest absolute Gasteiger partial charge is 0.352 e. The monoisotopic (exact) mass is 401 g/mol. The van der Waals surface area contributed by atoms with Crippen LogP contribution in [-0.2, 0) is 9.59 Å². The van der Waals surface area contributed by atoms with Crippen molar-refractivity contribution in [2.75, 3.05) is 0 Å². The zero-order valence-electron chi connectivity index (χ0n) is 16.5. The van der Waals surface area contributed by atoms with Crippen molar-refractivity contribution in [1.29, 1.82) is 0 Å². The highest BCUT2D eigenvalue weighted by molar-refractivity contribution is 8.01. The molecule has 0 bridgehead atoms. The number of carbonyl (C=O) groups is 3. The topological polar surface area (TPSA) is 78.5 Å². The molecule has 1 saturated carbocycles. The molecule has 0 spiro atoms. The van der Waals surface area contributed by atoms with Crippen LogP contribution in [0.1, 0.15) is 67.7 Å². The van der Waals surface area contributed by atoms with Gasteiger partial charge in [0.1, 0.15) is 17.5 Å². The molecule has 28 heavy (non-hydrogen) atoms. The van der Waals surface area contributed by atoms with E-state index in [-0.39, 0.29) is 29.1 Å². The number of nitrogens with zero attached hydrogens (tertiary/aromatic N) is 1. The molecule has 4 rings (SSSR count). The molecule has 1 aromatic rings. The van der Waals surface area contributed by atoms with Gasteiger partial charge in [-0.15, -0.1) is 11.8 Å². The summed E-state index contributed by atoms with van der Waals surface area (Å²) in [6.45, 7) is 5.67. The minimum Gasteiger partial charge on any atom is -0.352 e. The molecule has 3 unspecified atom stereocenters. The van der Waals surface area contributed by atoms with Crippen LogP contribution in [-0.4, -0.2) is 45.5 Å². The summed E-state index contributed by atoms with van der Waals surface area (Å²) in [5, 5.41) is 5.72. The number of carbonyl (C=O) groups excluding carboxylic acids is 3. The highest BCUT2D eigenvalue weighted by Crippen LogP contribution is 2.56. The average molecular weight is 402 g/mol. The lowest BCUT2D eigenvalue weighted by Gasteiger charge is -2.30. The van der Waals surface area contributed by atoms with Gasteiger partial charge in [-0.3, -0.25) is 14.4 Å². The summed E-state index contributed by atoms with van der Waals surface area (Å²) in [6, 6.07) is 6.50. The molecule has 0 radical (unpaired) electrons. The predicted octanol–water partition coefficient (Wildman–Crippen LogP) is 2.60.